The van der Waals surface area contributed by atoms with E-state index in [4.69, 9.17) is 20.9 Å². The minimum atomic E-state index is -0.547. The summed E-state index contributed by atoms with van der Waals surface area (Å²) in [6.07, 6.45) is 4.35. The number of benzene rings is 2. The first-order valence-electron chi connectivity index (χ1n) is 13.1. The maximum atomic E-state index is 13.1. The predicted octanol–water partition coefficient (Wildman–Crippen LogP) is 3.59. The first-order valence-corrected chi connectivity index (χ1v) is 13.1. The Hall–Kier alpha value is -3.46. The second-order valence-electron chi connectivity index (χ2n) is 8.98. The summed E-state index contributed by atoms with van der Waals surface area (Å²) < 4.78 is 10.7. The lowest BCUT2D eigenvalue weighted by atomic mass is 9.91. The molecule has 0 spiro atoms. The van der Waals surface area contributed by atoms with Crippen molar-refractivity contribution in [1.29, 1.82) is 0 Å². The van der Waals surface area contributed by atoms with Gasteiger partial charge in [0.2, 0.25) is 0 Å². The highest BCUT2D eigenvalue weighted by atomic mass is 16.6. The molecule has 0 saturated heterocycles. The third-order valence-corrected chi connectivity index (χ3v) is 6.18. The highest BCUT2D eigenvalue weighted by molar-refractivity contribution is 5.75. The van der Waals surface area contributed by atoms with Gasteiger partial charge in [-0.15, -0.1) is 0 Å². The minimum Gasteiger partial charge on any atom is -0.460 e. The Morgan fingerprint density at radius 2 is 1.47 bits per heavy atom. The normalized spacial score (nSPS) is 12.4. The summed E-state index contributed by atoms with van der Waals surface area (Å²) in [6, 6.07) is 19.4. The standard InChI is InChI=1S/C30H42N4O4/c1-3-20-37-29(35)28(16-11-18-31)33-26(22-32)17-19-34(30(36)38-21-4-2)23-27(24-12-7-5-8-13-24)25-14-9-6-10-15-25/h3-10,12-15,26-28,33H,1-2,11,16-23,31-32H2/t26?,28-/m0/s1. The number of nitrogens with zero attached hydrogens (tertiary/aromatic N) is 1. The van der Waals surface area contributed by atoms with Crippen LogP contribution in [0.4, 0.5) is 4.79 Å². The molecule has 8 heteroatoms. The fraction of sp³-hybridized carbons (Fsp3) is 0.400. The SMILES string of the molecule is C=CCOC(=O)[C@H](CCCN)NC(CN)CCN(CC(c1ccccc1)c1ccccc1)C(=O)OCC=C. The molecular weight excluding hydrogens is 480 g/mol. The van der Waals surface area contributed by atoms with Gasteiger partial charge in [-0.05, 0) is 36.9 Å². The number of amides is 1. The first kappa shape index (κ1) is 30.8. The van der Waals surface area contributed by atoms with Crippen LogP contribution in [0.15, 0.2) is 86.0 Å². The van der Waals surface area contributed by atoms with Crippen LogP contribution in [0, 0.1) is 0 Å². The molecule has 0 fully saturated rings. The van der Waals surface area contributed by atoms with Crippen LogP contribution in [0.2, 0.25) is 0 Å². The van der Waals surface area contributed by atoms with Crippen molar-refractivity contribution < 1.29 is 19.1 Å². The summed E-state index contributed by atoms with van der Waals surface area (Å²) >= 11 is 0. The molecule has 1 unspecified atom stereocenters. The van der Waals surface area contributed by atoms with Gasteiger partial charge < -0.3 is 31.2 Å². The minimum absolute atomic E-state index is 0.0517. The van der Waals surface area contributed by atoms with Crippen molar-refractivity contribution in [1.82, 2.24) is 10.2 Å². The van der Waals surface area contributed by atoms with E-state index in [0.29, 0.717) is 38.9 Å². The second-order valence-corrected chi connectivity index (χ2v) is 8.98. The van der Waals surface area contributed by atoms with E-state index in [0.717, 1.165) is 11.1 Å². The molecule has 2 aromatic carbocycles. The van der Waals surface area contributed by atoms with Gasteiger partial charge in [0.15, 0.2) is 0 Å². The maximum absolute atomic E-state index is 13.1. The van der Waals surface area contributed by atoms with E-state index in [1.807, 2.05) is 36.4 Å². The Balaban J connectivity index is 2.20. The maximum Gasteiger partial charge on any atom is 0.410 e. The van der Waals surface area contributed by atoms with Crippen molar-refractivity contribution in [2.75, 3.05) is 39.4 Å². The summed E-state index contributed by atoms with van der Waals surface area (Å²) in [5, 5.41) is 3.32. The fourth-order valence-electron chi connectivity index (χ4n) is 4.17. The van der Waals surface area contributed by atoms with Crippen LogP contribution < -0.4 is 16.8 Å². The van der Waals surface area contributed by atoms with Gasteiger partial charge in [-0.2, -0.15) is 0 Å². The average molecular weight is 523 g/mol. The summed E-state index contributed by atoms with van der Waals surface area (Å²) in [6.45, 7) is 9.03. The first-order chi connectivity index (χ1) is 18.5. The third kappa shape index (κ3) is 10.5. The van der Waals surface area contributed by atoms with Crippen LogP contribution in [-0.4, -0.2) is 68.4 Å². The zero-order chi connectivity index (χ0) is 27.6. The number of rotatable bonds is 18. The van der Waals surface area contributed by atoms with Crippen LogP contribution in [0.1, 0.15) is 36.3 Å². The second kappa shape index (κ2) is 17.9. The van der Waals surface area contributed by atoms with Gasteiger partial charge in [-0.1, -0.05) is 86.0 Å². The van der Waals surface area contributed by atoms with Crippen molar-refractivity contribution >= 4 is 12.1 Å². The Labute approximate surface area is 226 Å². The van der Waals surface area contributed by atoms with E-state index in [2.05, 4.69) is 42.7 Å². The Morgan fingerprint density at radius 3 is 2.00 bits per heavy atom. The molecule has 38 heavy (non-hydrogen) atoms. The zero-order valence-electron chi connectivity index (χ0n) is 22.2. The van der Waals surface area contributed by atoms with Crippen molar-refractivity contribution in [3.63, 3.8) is 0 Å². The van der Waals surface area contributed by atoms with E-state index in [-0.39, 0.29) is 37.7 Å². The molecule has 5 N–H and O–H groups in total. The number of carbonyl (C=O) groups is 2. The molecule has 2 rings (SSSR count). The quantitative estimate of drug-likeness (QED) is 0.202. The van der Waals surface area contributed by atoms with E-state index >= 15 is 0 Å². The zero-order valence-corrected chi connectivity index (χ0v) is 22.2. The molecule has 8 nitrogen and oxygen atoms in total. The van der Waals surface area contributed by atoms with Gasteiger partial charge in [-0.25, -0.2) is 4.79 Å². The fourth-order valence-corrected chi connectivity index (χ4v) is 4.17. The molecule has 0 aliphatic carbocycles. The molecule has 2 aromatic rings. The molecule has 0 saturated carbocycles. The summed E-state index contributed by atoms with van der Waals surface area (Å²) in [7, 11) is 0. The van der Waals surface area contributed by atoms with Crippen molar-refractivity contribution in [2.45, 2.75) is 37.3 Å². The van der Waals surface area contributed by atoms with E-state index < -0.39 is 12.1 Å². The lowest BCUT2D eigenvalue weighted by Gasteiger charge is -2.30. The smallest absolute Gasteiger partial charge is 0.410 e. The lowest BCUT2D eigenvalue weighted by Crippen LogP contribution is -2.49. The number of hydrogen-bond donors (Lipinski definition) is 3. The molecule has 206 valence electrons. The van der Waals surface area contributed by atoms with Crippen LogP contribution in [0.5, 0.6) is 0 Å². The van der Waals surface area contributed by atoms with E-state index in [1.165, 1.54) is 6.08 Å². The predicted molar refractivity (Wildman–Crippen MR) is 152 cm³/mol. The van der Waals surface area contributed by atoms with Crippen LogP contribution >= 0.6 is 0 Å². The number of nitrogens with two attached hydrogens (primary N) is 2. The summed E-state index contributed by atoms with van der Waals surface area (Å²) in [5.41, 5.74) is 13.9. The highest BCUT2D eigenvalue weighted by Gasteiger charge is 2.26. The number of carbonyl (C=O) groups excluding carboxylic acids is 2. The average Bonchev–Trinajstić information content (AvgIpc) is 2.96. The van der Waals surface area contributed by atoms with Crippen molar-refractivity contribution in [3.8, 4) is 0 Å². The molecule has 0 aliphatic rings. The molecule has 0 aliphatic heterocycles. The number of hydrogen-bond acceptors (Lipinski definition) is 7. The Morgan fingerprint density at radius 1 is 0.895 bits per heavy atom. The van der Waals surface area contributed by atoms with Gasteiger partial charge in [0.05, 0.1) is 0 Å². The van der Waals surface area contributed by atoms with E-state index in [9.17, 15) is 9.59 Å². The van der Waals surface area contributed by atoms with E-state index in [1.54, 1.807) is 11.0 Å². The number of esters is 1. The van der Waals surface area contributed by atoms with Crippen molar-refractivity contribution in [3.05, 3.63) is 97.1 Å². The Bertz CT molecular complexity index is 931. The summed E-state index contributed by atoms with van der Waals surface area (Å²) in [5.74, 6) is -0.420. The van der Waals surface area contributed by atoms with Crippen LogP contribution in [0.25, 0.3) is 0 Å². The molecule has 0 radical (unpaired) electrons. The van der Waals surface area contributed by atoms with Gasteiger partial charge >= 0.3 is 12.1 Å². The Kier molecular flexibility index (Phi) is 14.5. The topological polar surface area (TPSA) is 120 Å². The molecule has 1 amide bonds. The van der Waals surface area contributed by atoms with Gasteiger partial charge in [0.1, 0.15) is 19.3 Å². The summed E-state index contributed by atoms with van der Waals surface area (Å²) in [4.78, 5) is 27.4. The van der Waals surface area contributed by atoms with Crippen LogP contribution in [-0.2, 0) is 14.3 Å². The van der Waals surface area contributed by atoms with Gasteiger partial charge in [-0.3, -0.25) is 4.79 Å². The van der Waals surface area contributed by atoms with Gasteiger partial charge in [0, 0.05) is 31.6 Å². The molecule has 0 aromatic heterocycles. The monoisotopic (exact) mass is 522 g/mol. The third-order valence-electron chi connectivity index (χ3n) is 6.18. The number of ether oxygens (including phenoxy) is 2. The lowest BCUT2D eigenvalue weighted by molar-refractivity contribution is -0.145. The molecule has 2 atom stereocenters. The number of nitrogens with one attached hydrogen (secondary N) is 1. The molecule has 0 bridgehead atoms. The van der Waals surface area contributed by atoms with Gasteiger partial charge in [0.25, 0.3) is 0 Å². The molecule has 0 heterocycles. The van der Waals surface area contributed by atoms with Crippen LogP contribution in [0.3, 0.4) is 0 Å². The highest BCUT2D eigenvalue weighted by Crippen LogP contribution is 2.26. The van der Waals surface area contributed by atoms with Crippen molar-refractivity contribution in [2.24, 2.45) is 11.5 Å². The molecular formula is C30H42N4O4. The largest absolute Gasteiger partial charge is 0.460 e.